The van der Waals surface area contributed by atoms with E-state index >= 15 is 0 Å². The molecule has 0 aliphatic rings. The van der Waals surface area contributed by atoms with Gasteiger partial charge >= 0.3 is 5.97 Å². The summed E-state index contributed by atoms with van der Waals surface area (Å²) in [5, 5.41) is 18.1. The Bertz CT molecular complexity index is 1100. The van der Waals surface area contributed by atoms with Crippen LogP contribution in [0.5, 0.6) is 5.75 Å². The van der Waals surface area contributed by atoms with Crippen molar-refractivity contribution in [3.05, 3.63) is 39.8 Å². The number of aromatic hydroxyl groups is 1. The van der Waals surface area contributed by atoms with Gasteiger partial charge in [0, 0.05) is 51.3 Å². The molecule has 3 N–H and O–H groups in total. The lowest BCUT2D eigenvalue weighted by molar-refractivity contribution is -0.148. The molecule has 0 aliphatic heterocycles. The molecule has 1 aromatic carbocycles. The van der Waals surface area contributed by atoms with Crippen molar-refractivity contribution >= 4 is 34.8 Å². The van der Waals surface area contributed by atoms with Gasteiger partial charge in [-0.2, -0.15) is 0 Å². The van der Waals surface area contributed by atoms with Gasteiger partial charge in [-0.05, 0) is 42.9 Å². The van der Waals surface area contributed by atoms with Gasteiger partial charge in [-0.3, -0.25) is 14.4 Å². The maximum Gasteiger partial charge on any atom is 0.303 e. The van der Waals surface area contributed by atoms with Crippen LogP contribution in [0, 0.1) is 5.92 Å². The number of phenols is 1. The molecular weight excluding hydrogens is 516 g/mol. The predicted molar refractivity (Wildman–Crippen MR) is 155 cm³/mol. The number of benzene rings is 1. The Morgan fingerprint density at radius 2 is 1.92 bits per heavy atom. The number of rotatable bonds is 15. The van der Waals surface area contributed by atoms with Crippen LogP contribution >= 0.6 is 11.3 Å². The van der Waals surface area contributed by atoms with Crippen molar-refractivity contribution in [1.82, 2.24) is 15.2 Å². The Hall–Kier alpha value is -3.14. The number of esters is 1. The number of hydrogen-bond acceptors (Lipinski definition) is 8. The van der Waals surface area contributed by atoms with E-state index < -0.39 is 12.1 Å². The molecule has 0 saturated heterocycles. The number of nitrogens with zero attached hydrogens (tertiary/aromatic N) is 2. The fraction of sp³-hybridized carbons (Fsp3) is 0.586. The van der Waals surface area contributed by atoms with Crippen LogP contribution in [0.2, 0.25) is 0 Å². The van der Waals surface area contributed by atoms with Gasteiger partial charge in [-0.1, -0.05) is 40.2 Å². The second-order valence-corrected chi connectivity index (χ2v) is 11.1. The lowest BCUT2D eigenvalue weighted by atomic mass is 9.96. The molecule has 3 unspecified atom stereocenters. The fourth-order valence-electron chi connectivity index (χ4n) is 4.48. The van der Waals surface area contributed by atoms with E-state index in [2.05, 4.69) is 22.5 Å². The van der Waals surface area contributed by atoms with Crippen LogP contribution in [0.4, 0.5) is 5.69 Å². The highest BCUT2D eigenvalue weighted by atomic mass is 32.1. The van der Waals surface area contributed by atoms with E-state index in [1.54, 1.807) is 30.4 Å². The minimum Gasteiger partial charge on any atom is -0.506 e. The molecule has 0 aliphatic carbocycles. The van der Waals surface area contributed by atoms with E-state index in [1.807, 2.05) is 32.9 Å². The lowest BCUT2D eigenvalue weighted by Gasteiger charge is -2.33. The summed E-state index contributed by atoms with van der Waals surface area (Å²) >= 11 is 1.27. The standard InChI is InChI=1S/C29H44N4O5S/c1-8-10-11-27(36)33(7)24(18(3)4)16-26(38-19(5)34)29-32-23(17-39-29)28(37)31-21(9-2)14-20-12-13-25(35)22(15-20)30-6/h12-13,15,17-18,21,24,26,30,35H,8-11,14,16H2,1-7H3,(H,31,37). The van der Waals surface area contributed by atoms with Crippen LogP contribution < -0.4 is 10.6 Å². The highest BCUT2D eigenvalue weighted by Gasteiger charge is 2.30. The van der Waals surface area contributed by atoms with E-state index in [0.29, 0.717) is 36.4 Å². The van der Waals surface area contributed by atoms with Gasteiger partial charge in [-0.15, -0.1) is 11.3 Å². The zero-order valence-electron chi connectivity index (χ0n) is 24.2. The van der Waals surface area contributed by atoms with Gasteiger partial charge in [0.25, 0.3) is 5.91 Å². The third-order valence-corrected chi connectivity index (χ3v) is 7.78. The van der Waals surface area contributed by atoms with Crippen molar-refractivity contribution in [3.8, 4) is 5.75 Å². The Labute approximate surface area is 236 Å². The second-order valence-electron chi connectivity index (χ2n) is 10.2. The first kappa shape index (κ1) is 32.1. The maximum absolute atomic E-state index is 13.1. The number of aromatic nitrogens is 1. The quantitative estimate of drug-likeness (QED) is 0.199. The van der Waals surface area contributed by atoms with Gasteiger partial charge < -0.3 is 25.4 Å². The number of amides is 2. The minimum absolute atomic E-state index is 0.0670. The molecule has 0 radical (unpaired) electrons. The number of nitrogens with one attached hydrogen (secondary N) is 2. The van der Waals surface area contributed by atoms with Crippen molar-refractivity contribution in [2.75, 3.05) is 19.4 Å². The molecule has 9 nitrogen and oxygen atoms in total. The number of carbonyl (C=O) groups is 3. The summed E-state index contributed by atoms with van der Waals surface area (Å²) in [6.07, 6.45) is 3.29. The molecule has 39 heavy (non-hydrogen) atoms. The van der Waals surface area contributed by atoms with Crippen LogP contribution in [0.1, 0.15) is 93.9 Å². The molecule has 0 bridgehead atoms. The summed E-state index contributed by atoms with van der Waals surface area (Å²) in [7, 11) is 3.54. The van der Waals surface area contributed by atoms with Crippen molar-refractivity contribution in [2.45, 2.75) is 91.3 Å². The minimum atomic E-state index is -0.665. The first-order valence-electron chi connectivity index (χ1n) is 13.7. The average molecular weight is 561 g/mol. The van der Waals surface area contributed by atoms with Crippen LogP contribution in [-0.4, -0.2) is 59.0 Å². The first-order valence-corrected chi connectivity index (χ1v) is 14.6. The Morgan fingerprint density at radius 1 is 1.21 bits per heavy atom. The average Bonchev–Trinajstić information content (AvgIpc) is 3.40. The number of hydrogen-bond donors (Lipinski definition) is 3. The summed E-state index contributed by atoms with van der Waals surface area (Å²) in [5.41, 5.74) is 1.88. The molecule has 3 atom stereocenters. The number of carbonyl (C=O) groups excluding carboxylic acids is 3. The van der Waals surface area contributed by atoms with Gasteiger partial charge in [-0.25, -0.2) is 4.98 Å². The zero-order valence-corrected chi connectivity index (χ0v) is 25.1. The third kappa shape index (κ3) is 9.53. The smallest absolute Gasteiger partial charge is 0.303 e. The summed E-state index contributed by atoms with van der Waals surface area (Å²) < 4.78 is 5.65. The van der Waals surface area contributed by atoms with Crippen molar-refractivity contribution in [2.24, 2.45) is 5.92 Å². The number of phenolic OH excluding ortho intramolecular Hbond substituents is 1. The Balaban J connectivity index is 2.17. The highest BCUT2D eigenvalue weighted by molar-refractivity contribution is 7.09. The summed E-state index contributed by atoms with van der Waals surface area (Å²) in [5.74, 6) is -0.366. The van der Waals surface area contributed by atoms with Crippen LogP contribution in [-0.2, 0) is 20.7 Å². The largest absolute Gasteiger partial charge is 0.506 e. The highest BCUT2D eigenvalue weighted by Crippen LogP contribution is 2.31. The normalized spacial score (nSPS) is 13.4. The fourth-order valence-corrected chi connectivity index (χ4v) is 5.32. The molecule has 10 heteroatoms. The number of ether oxygens (including phenoxy) is 1. The summed E-state index contributed by atoms with van der Waals surface area (Å²) in [6, 6.07) is 5.05. The van der Waals surface area contributed by atoms with Crippen molar-refractivity contribution in [3.63, 3.8) is 0 Å². The SMILES string of the molecule is CCCCC(=O)N(C)C(CC(OC(C)=O)c1nc(C(=O)NC(CC)Cc2ccc(O)c(NC)c2)cs1)C(C)C. The topological polar surface area (TPSA) is 121 Å². The van der Waals surface area contributed by atoms with Gasteiger partial charge in [0.15, 0.2) is 6.10 Å². The Morgan fingerprint density at radius 3 is 2.51 bits per heavy atom. The predicted octanol–water partition coefficient (Wildman–Crippen LogP) is 5.31. The number of thiazole rings is 1. The van der Waals surface area contributed by atoms with E-state index in [1.165, 1.54) is 18.3 Å². The molecule has 1 heterocycles. The molecule has 0 saturated carbocycles. The third-order valence-electron chi connectivity index (χ3n) is 6.84. The maximum atomic E-state index is 13.1. The number of unbranched alkanes of at least 4 members (excludes halogenated alkanes) is 1. The lowest BCUT2D eigenvalue weighted by Crippen LogP contribution is -2.41. The molecular formula is C29H44N4O5S. The second kappa shape index (κ2) is 15.5. The van der Waals surface area contributed by atoms with Gasteiger partial charge in [0.1, 0.15) is 16.5 Å². The van der Waals surface area contributed by atoms with E-state index in [9.17, 15) is 19.5 Å². The number of anilines is 1. The molecule has 1 aromatic heterocycles. The molecule has 2 aromatic rings. The van der Waals surface area contributed by atoms with Crippen LogP contribution in [0.3, 0.4) is 0 Å². The van der Waals surface area contributed by atoms with Crippen molar-refractivity contribution < 1.29 is 24.2 Å². The molecule has 216 valence electrons. The zero-order chi connectivity index (χ0) is 29.1. The van der Waals surface area contributed by atoms with E-state index in [4.69, 9.17) is 4.74 Å². The molecule has 2 rings (SSSR count). The van der Waals surface area contributed by atoms with E-state index in [0.717, 1.165) is 18.4 Å². The summed E-state index contributed by atoms with van der Waals surface area (Å²) in [6.45, 7) is 9.48. The van der Waals surface area contributed by atoms with Crippen LogP contribution in [0.25, 0.3) is 0 Å². The monoisotopic (exact) mass is 560 g/mol. The summed E-state index contributed by atoms with van der Waals surface area (Å²) in [4.78, 5) is 44.1. The Kier molecular flexibility index (Phi) is 12.7. The van der Waals surface area contributed by atoms with Gasteiger partial charge in [0.2, 0.25) is 5.91 Å². The molecule has 2 amide bonds. The van der Waals surface area contributed by atoms with Crippen molar-refractivity contribution in [1.29, 1.82) is 0 Å². The molecule has 0 fully saturated rings. The van der Waals surface area contributed by atoms with Crippen LogP contribution in [0.15, 0.2) is 23.6 Å². The van der Waals surface area contributed by atoms with Gasteiger partial charge in [0.05, 0.1) is 5.69 Å². The first-order chi connectivity index (χ1) is 18.5. The molecule has 0 spiro atoms. The van der Waals surface area contributed by atoms with E-state index in [-0.39, 0.29) is 41.3 Å².